The number of carbonyl (C=O) groups is 1. The van der Waals surface area contributed by atoms with Gasteiger partial charge in [-0.2, -0.15) is 0 Å². The Morgan fingerprint density at radius 1 is 1.25 bits per heavy atom. The average molecular weight is 352 g/mol. The maximum atomic E-state index is 12.5. The first-order chi connectivity index (χ1) is 11.6. The van der Waals surface area contributed by atoms with Crippen molar-refractivity contribution in [1.29, 1.82) is 0 Å². The van der Waals surface area contributed by atoms with Crippen molar-refractivity contribution in [2.75, 3.05) is 32.8 Å². The first kappa shape index (κ1) is 17.7. The second-order valence-corrected chi connectivity index (χ2v) is 7.23. The van der Waals surface area contributed by atoms with E-state index in [0.717, 1.165) is 62.6 Å². The molecule has 0 radical (unpaired) electrons. The molecule has 0 spiro atoms. The normalized spacial score (nSPS) is 22.2. The van der Waals surface area contributed by atoms with Crippen LogP contribution in [0.3, 0.4) is 0 Å². The number of nitrogens with two attached hydrogens (primary N) is 1. The van der Waals surface area contributed by atoms with Crippen LogP contribution in [0.25, 0.3) is 0 Å². The van der Waals surface area contributed by atoms with Crippen molar-refractivity contribution >= 4 is 17.5 Å². The number of rotatable bonds is 5. The number of amides is 1. The van der Waals surface area contributed by atoms with Gasteiger partial charge in [-0.15, -0.1) is 0 Å². The lowest BCUT2D eigenvalue weighted by Crippen LogP contribution is -2.54. The Kier molecular flexibility index (Phi) is 5.76. The van der Waals surface area contributed by atoms with Gasteiger partial charge in [0.2, 0.25) is 5.91 Å². The van der Waals surface area contributed by atoms with Crippen molar-refractivity contribution in [3.05, 3.63) is 34.9 Å². The van der Waals surface area contributed by atoms with Crippen LogP contribution in [-0.4, -0.2) is 49.2 Å². The van der Waals surface area contributed by atoms with E-state index >= 15 is 0 Å². The first-order valence-electron chi connectivity index (χ1n) is 8.73. The molecule has 1 atom stereocenters. The molecule has 1 saturated carbocycles. The SMILES string of the molecule is NC1(C(=O)NCC(c2ccc(Cl)cc2)N2CCOCC2)CCCC1. The van der Waals surface area contributed by atoms with Gasteiger partial charge in [0.05, 0.1) is 24.8 Å². The van der Waals surface area contributed by atoms with Crippen LogP contribution in [0.4, 0.5) is 0 Å². The largest absolute Gasteiger partial charge is 0.379 e. The zero-order valence-electron chi connectivity index (χ0n) is 14.0. The lowest BCUT2D eigenvalue weighted by atomic mass is 9.97. The molecule has 1 aliphatic carbocycles. The van der Waals surface area contributed by atoms with E-state index in [0.29, 0.717) is 6.54 Å². The molecule has 1 saturated heterocycles. The van der Waals surface area contributed by atoms with Crippen LogP contribution < -0.4 is 11.1 Å². The summed E-state index contributed by atoms with van der Waals surface area (Å²) in [6.45, 7) is 3.71. The van der Waals surface area contributed by atoms with Crippen LogP contribution in [0.5, 0.6) is 0 Å². The van der Waals surface area contributed by atoms with E-state index in [9.17, 15) is 4.79 Å². The van der Waals surface area contributed by atoms with Crippen molar-refractivity contribution in [3.63, 3.8) is 0 Å². The molecule has 6 heteroatoms. The molecular formula is C18H26ClN3O2. The van der Waals surface area contributed by atoms with Crippen molar-refractivity contribution < 1.29 is 9.53 Å². The number of morpholine rings is 1. The molecule has 3 N–H and O–H groups in total. The summed E-state index contributed by atoms with van der Waals surface area (Å²) in [5, 5.41) is 3.81. The highest BCUT2D eigenvalue weighted by molar-refractivity contribution is 6.30. The highest BCUT2D eigenvalue weighted by atomic mass is 35.5. The van der Waals surface area contributed by atoms with E-state index in [-0.39, 0.29) is 11.9 Å². The van der Waals surface area contributed by atoms with Crippen LogP contribution in [0.15, 0.2) is 24.3 Å². The van der Waals surface area contributed by atoms with Gasteiger partial charge in [-0.05, 0) is 30.5 Å². The molecular weight excluding hydrogens is 326 g/mol. The fourth-order valence-electron chi connectivity index (χ4n) is 3.63. The summed E-state index contributed by atoms with van der Waals surface area (Å²) in [5.74, 6) is -0.0211. The smallest absolute Gasteiger partial charge is 0.240 e. The summed E-state index contributed by atoms with van der Waals surface area (Å²) in [4.78, 5) is 14.9. The Morgan fingerprint density at radius 3 is 2.50 bits per heavy atom. The van der Waals surface area contributed by atoms with E-state index in [1.165, 1.54) is 0 Å². The number of nitrogens with zero attached hydrogens (tertiary/aromatic N) is 1. The van der Waals surface area contributed by atoms with Gasteiger partial charge in [0.25, 0.3) is 0 Å². The van der Waals surface area contributed by atoms with Crippen LogP contribution in [-0.2, 0) is 9.53 Å². The lowest BCUT2D eigenvalue weighted by Gasteiger charge is -2.35. The van der Waals surface area contributed by atoms with Crippen molar-refractivity contribution in [1.82, 2.24) is 10.2 Å². The van der Waals surface area contributed by atoms with Crippen molar-refractivity contribution in [2.45, 2.75) is 37.3 Å². The van der Waals surface area contributed by atoms with Crippen LogP contribution in [0.1, 0.15) is 37.3 Å². The van der Waals surface area contributed by atoms with Gasteiger partial charge in [-0.1, -0.05) is 36.6 Å². The lowest BCUT2D eigenvalue weighted by molar-refractivity contribution is -0.126. The van der Waals surface area contributed by atoms with E-state index in [2.05, 4.69) is 10.2 Å². The number of hydrogen-bond donors (Lipinski definition) is 2. The number of ether oxygens (including phenoxy) is 1. The Bertz CT molecular complexity index is 552. The third kappa shape index (κ3) is 4.09. The van der Waals surface area contributed by atoms with E-state index in [4.69, 9.17) is 22.1 Å². The number of carbonyl (C=O) groups excluding carboxylic acids is 1. The Labute approximate surface area is 148 Å². The molecule has 24 heavy (non-hydrogen) atoms. The minimum atomic E-state index is -0.685. The molecule has 1 heterocycles. The zero-order chi connectivity index (χ0) is 17.0. The minimum absolute atomic E-state index is 0.0211. The van der Waals surface area contributed by atoms with E-state index in [1.807, 2.05) is 24.3 Å². The van der Waals surface area contributed by atoms with E-state index < -0.39 is 5.54 Å². The average Bonchev–Trinajstić information content (AvgIpc) is 3.05. The zero-order valence-corrected chi connectivity index (χ0v) is 14.7. The van der Waals surface area contributed by atoms with Gasteiger partial charge in [-0.25, -0.2) is 0 Å². The van der Waals surface area contributed by atoms with Gasteiger partial charge in [-0.3, -0.25) is 9.69 Å². The summed E-state index contributed by atoms with van der Waals surface area (Å²) in [7, 11) is 0. The number of hydrogen-bond acceptors (Lipinski definition) is 4. The van der Waals surface area contributed by atoms with Crippen molar-refractivity contribution in [3.8, 4) is 0 Å². The summed E-state index contributed by atoms with van der Waals surface area (Å²) in [6.07, 6.45) is 3.63. The summed E-state index contributed by atoms with van der Waals surface area (Å²) < 4.78 is 5.46. The molecule has 1 aromatic carbocycles. The Morgan fingerprint density at radius 2 is 1.88 bits per heavy atom. The second kappa shape index (κ2) is 7.83. The summed E-state index contributed by atoms with van der Waals surface area (Å²) in [5.41, 5.74) is 6.73. The molecule has 132 valence electrons. The topological polar surface area (TPSA) is 67.6 Å². The van der Waals surface area contributed by atoms with Gasteiger partial charge < -0.3 is 15.8 Å². The van der Waals surface area contributed by atoms with E-state index in [1.54, 1.807) is 0 Å². The maximum absolute atomic E-state index is 12.5. The van der Waals surface area contributed by atoms with Gasteiger partial charge in [0, 0.05) is 24.7 Å². The molecule has 1 aromatic rings. The highest BCUT2D eigenvalue weighted by Gasteiger charge is 2.37. The highest BCUT2D eigenvalue weighted by Crippen LogP contribution is 2.28. The molecule has 1 unspecified atom stereocenters. The molecule has 2 aliphatic rings. The predicted molar refractivity (Wildman–Crippen MR) is 95.0 cm³/mol. The summed E-state index contributed by atoms with van der Waals surface area (Å²) >= 11 is 6.01. The number of halogens is 1. The molecule has 3 rings (SSSR count). The van der Waals surface area contributed by atoms with Crippen LogP contribution in [0.2, 0.25) is 5.02 Å². The quantitative estimate of drug-likeness (QED) is 0.852. The number of nitrogens with one attached hydrogen (secondary N) is 1. The second-order valence-electron chi connectivity index (χ2n) is 6.79. The minimum Gasteiger partial charge on any atom is -0.379 e. The molecule has 1 amide bonds. The van der Waals surface area contributed by atoms with Gasteiger partial charge >= 0.3 is 0 Å². The van der Waals surface area contributed by atoms with Crippen LogP contribution in [0, 0.1) is 0 Å². The van der Waals surface area contributed by atoms with Gasteiger partial charge in [0.1, 0.15) is 0 Å². The fourth-order valence-corrected chi connectivity index (χ4v) is 3.76. The number of benzene rings is 1. The molecule has 0 bridgehead atoms. The molecule has 5 nitrogen and oxygen atoms in total. The first-order valence-corrected chi connectivity index (χ1v) is 9.11. The fraction of sp³-hybridized carbons (Fsp3) is 0.611. The molecule has 2 fully saturated rings. The monoisotopic (exact) mass is 351 g/mol. The Balaban J connectivity index is 1.69. The third-order valence-corrected chi connectivity index (χ3v) is 5.40. The predicted octanol–water partition coefficient (Wildman–Crippen LogP) is 2.10. The maximum Gasteiger partial charge on any atom is 0.240 e. The Hall–Kier alpha value is -1.14. The molecule has 1 aliphatic heterocycles. The standard InChI is InChI=1S/C18H26ClN3O2/c19-15-5-3-14(4-6-15)16(22-9-11-24-12-10-22)13-21-17(23)18(20)7-1-2-8-18/h3-6,16H,1-2,7-13,20H2,(H,21,23). The van der Waals surface area contributed by atoms with Gasteiger partial charge in [0.15, 0.2) is 0 Å². The van der Waals surface area contributed by atoms with Crippen molar-refractivity contribution in [2.24, 2.45) is 5.73 Å². The molecule has 0 aromatic heterocycles. The van der Waals surface area contributed by atoms with Crippen LogP contribution >= 0.6 is 11.6 Å². The third-order valence-electron chi connectivity index (χ3n) is 5.15. The summed E-state index contributed by atoms with van der Waals surface area (Å²) in [6, 6.07) is 7.96.